The van der Waals surface area contributed by atoms with E-state index in [1.807, 2.05) is 0 Å². The molecule has 6 aromatic carbocycles. The molecule has 342 valence electrons. The molecular weight excluding hydrogens is 805 g/mol. The Kier molecular flexibility index (Phi) is 15.1. The lowest BCUT2D eigenvalue weighted by molar-refractivity contribution is 0.281. The normalized spacial score (nSPS) is 24.7. The molecule has 0 aromatic heterocycles. The zero-order valence-electron chi connectivity index (χ0n) is 39.0. The van der Waals surface area contributed by atoms with Crippen molar-refractivity contribution in [2.75, 3.05) is 0 Å². The van der Waals surface area contributed by atoms with Crippen LogP contribution in [-0.4, -0.2) is 36.3 Å². The second-order valence-electron chi connectivity index (χ2n) is 20.0. The van der Waals surface area contributed by atoms with Gasteiger partial charge in [0.1, 0.15) is 0 Å². The number of nitrogens with one attached hydrogen (secondary N) is 6. The quantitative estimate of drug-likeness (QED) is 0.0914. The molecule has 6 nitrogen and oxygen atoms in total. The van der Waals surface area contributed by atoms with E-state index in [-0.39, 0.29) is 0 Å². The Hall–Kier alpha value is -4.92. The molecule has 15 aliphatic rings. The molecule has 12 aliphatic heterocycles. The van der Waals surface area contributed by atoms with Crippen molar-refractivity contribution in [2.45, 2.75) is 153 Å². The van der Waals surface area contributed by atoms with Crippen LogP contribution in [-0.2, 0) is 39.3 Å². The molecule has 6 aromatic rings. The fourth-order valence-corrected chi connectivity index (χ4v) is 11.2. The summed E-state index contributed by atoms with van der Waals surface area (Å²) in [5, 5.41) is 23.7. The monoisotopic (exact) mass is 877 g/mol. The van der Waals surface area contributed by atoms with E-state index in [1.165, 1.54) is 144 Å². The third kappa shape index (κ3) is 11.8. The first-order valence-electron chi connectivity index (χ1n) is 25.6. The lowest BCUT2D eigenvalue weighted by Crippen LogP contribution is -2.49. The van der Waals surface area contributed by atoms with Crippen molar-refractivity contribution in [3.63, 3.8) is 0 Å². The van der Waals surface area contributed by atoms with Crippen LogP contribution in [0.25, 0.3) is 33.4 Å². The van der Waals surface area contributed by atoms with E-state index >= 15 is 0 Å². The van der Waals surface area contributed by atoms with Crippen molar-refractivity contribution in [1.82, 2.24) is 31.9 Å². The van der Waals surface area contributed by atoms with Crippen LogP contribution in [0.15, 0.2) is 146 Å². The summed E-state index contributed by atoms with van der Waals surface area (Å²) in [6, 6.07) is 58.1. The second-order valence-corrected chi connectivity index (χ2v) is 20.0. The van der Waals surface area contributed by atoms with Crippen LogP contribution in [0.4, 0.5) is 0 Å². The van der Waals surface area contributed by atoms with Gasteiger partial charge in [-0.25, -0.2) is 0 Å². The van der Waals surface area contributed by atoms with Gasteiger partial charge in [-0.3, -0.25) is 0 Å². The van der Waals surface area contributed by atoms with Crippen LogP contribution < -0.4 is 31.9 Å². The second kappa shape index (κ2) is 22.3. The summed E-state index contributed by atoms with van der Waals surface area (Å²) in [4.78, 5) is 0. The first-order chi connectivity index (χ1) is 32.6. The standard InChI is InChI=1S/C60H72N6/c1-2-8-56-55(7-1)61-37-43-13-25-49(26-14-43)51-29-17-45(18-30-51)39-63-57-9-3-4-10-58(57)65-41-47-21-33-53(34-22-47)54-35-23-48(24-36-54)42-66-60-12-6-5-11-59(60)64-40-46-19-31-52(32-20-46)50-27-15-44(16-28-50)38-62-56/h13-36,55-66H,1-12,37-42H2/t55-,56-,57-,58-,59-,60-/m0/s1. The molecule has 3 aliphatic carbocycles. The van der Waals surface area contributed by atoms with Gasteiger partial charge >= 0.3 is 0 Å². The fraction of sp³-hybridized carbons (Fsp3) is 0.400. The van der Waals surface area contributed by atoms with E-state index < -0.39 is 0 Å². The molecule has 6 heteroatoms. The third-order valence-corrected chi connectivity index (χ3v) is 15.4. The van der Waals surface area contributed by atoms with Crippen molar-refractivity contribution < 1.29 is 0 Å². The number of benzene rings is 6. The largest absolute Gasteiger partial charge is 0.308 e. The molecule has 12 heterocycles. The Balaban J connectivity index is 0.818. The van der Waals surface area contributed by atoms with Crippen molar-refractivity contribution in [1.29, 1.82) is 0 Å². The predicted octanol–water partition coefficient (Wildman–Crippen LogP) is 11.6. The minimum atomic E-state index is 0.478. The van der Waals surface area contributed by atoms with Gasteiger partial charge in [-0.15, -0.1) is 0 Å². The average molecular weight is 877 g/mol. The highest BCUT2D eigenvalue weighted by molar-refractivity contribution is 5.66. The summed E-state index contributed by atoms with van der Waals surface area (Å²) in [6.45, 7) is 5.38. The molecular formula is C60H72N6. The van der Waals surface area contributed by atoms with Crippen LogP contribution in [0, 0.1) is 0 Å². The molecule has 66 heavy (non-hydrogen) atoms. The van der Waals surface area contributed by atoms with Crippen LogP contribution in [0.5, 0.6) is 0 Å². The molecule has 0 unspecified atom stereocenters. The maximum atomic E-state index is 3.95. The molecule has 6 N–H and O–H groups in total. The zero-order chi connectivity index (χ0) is 44.3. The van der Waals surface area contributed by atoms with E-state index in [0.29, 0.717) is 36.3 Å². The van der Waals surface area contributed by atoms with Crippen molar-refractivity contribution >= 4 is 0 Å². The molecule has 6 atom stereocenters. The summed E-state index contributed by atoms with van der Waals surface area (Å²) in [5.41, 5.74) is 15.7. The van der Waals surface area contributed by atoms with Gasteiger partial charge in [-0.05, 0) is 105 Å². The Labute approximate surface area is 395 Å². The minimum absolute atomic E-state index is 0.478. The van der Waals surface area contributed by atoms with Gasteiger partial charge in [0.15, 0.2) is 0 Å². The number of hydrogen-bond donors (Lipinski definition) is 6. The van der Waals surface area contributed by atoms with Gasteiger partial charge in [-0.1, -0.05) is 184 Å². The van der Waals surface area contributed by atoms with E-state index in [0.717, 1.165) is 39.3 Å². The van der Waals surface area contributed by atoms with Crippen LogP contribution in [0.1, 0.15) is 110 Å². The van der Waals surface area contributed by atoms with Crippen LogP contribution in [0.3, 0.4) is 0 Å². The van der Waals surface area contributed by atoms with E-state index in [2.05, 4.69) is 177 Å². The van der Waals surface area contributed by atoms with Crippen molar-refractivity contribution in [3.8, 4) is 33.4 Å². The van der Waals surface area contributed by atoms with E-state index in [1.54, 1.807) is 0 Å². The highest BCUT2D eigenvalue weighted by atomic mass is 15.0. The minimum Gasteiger partial charge on any atom is -0.308 e. The molecule has 0 amide bonds. The number of rotatable bonds is 0. The summed E-state index contributed by atoms with van der Waals surface area (Å²) in [6.07, 6.45) is 15.1. The lowest BCUT2D eigenvalue weighted by Gasteiger charge is -2.33. The molecule has 0 spiro atoms. The zero-order valence-corrected chi connectivity index (χ0v) is 39.0. The Morgan fingerprint density at radius 3 is 0.470 bits per heavy atom. The first-order valence-corrected chi connectivity index (χ1v) is 25.6. The highest BCUT2D eigenvalue weighted by Gasteiger charge is 2.27. The molecule has 0 saturated heterocycles. The topological polar surface area (TPSA) is 72.2 Å². The summed E-state index contributed by atoms with van der Waals surface area (Å²) in [5.74, 6) is 0. The first kappa shape index (κ1) is 44.9. The fourth-order valence-electron chi connectivity index (χ4n) is 11.2. The van der Waals surface area contributed by atoms with Gasteiger partial charge in [0.2, 0.25) is 0 Å². The predicted molar refractivity (Wildman–Crippen MR) is 275 cm³/mol. The Morgan fingerprint density at radius 2 is 0.333 bits per heavy atom. The smallest absolute Gasteiger partial charge is 0.0224 e. The van der Waals surface area contributed by atoms with Crippen molar-refractivity contribution in [3.05, 3.63) is 179 Å². The van der Waals surface area contributed by atoms with Gasteiger partial charge in [0.05, 0.1) is 0 Å². The lowest BCUT2D eigenvalue weighted by atomic mass is 9.89. The van der Waals surface area contributed by atoms with Crippen LogP contribution in [0.2, 0.25) is 0 Å². The molecule has 12 bridgehead atoms. The molecule has 3 fully saturated rings. The summed E-state index contributed by atoms with van der Waals surface area (Å²) >= 11 is 0. The van der Waals surface area contributed by atoms with Crippen LogP contribution >= 0.6 is 0 Å². The SMILES string of the molecule is c1cc2ccc1CN[C@H]1CCCC[C@@H]1NCc1ccc(cc1)-c1ccc(cc1)CN[C@H]1CCCC[C@@H]1NCc1ccc(cc1)-c1ccc(cc1)CN[C@H]1CCCC[C@@H]1NCc1ccc-2cc1. The van der Waals surface area contributed by atoms with Gasteiger partial charge in [0.25, 0.3) is 0 Å². The highest BCUT2D eigenvalue weighted by Crippen LogP contribution is 2.27. The van der Waals surface area contributed by atoms with Crippen molar-refractivity contribution in [2.24, 2.45) is 0 Å². The van der Waals surface area contributed by atoms with Gasteiger partial charge in [0, 0.05) is 75.5 Å². The third-order valence-electron chi connectivity index (χ3n) is 15.4. The van der Waals surface area contributed by atoms with E-state index in [4.69, 9.17) is 0 Å². The maximum Gasteiger partial charge on any atom is 0.0224 e. The Morgan fingerprint density at radius 1 is 0.197 bits per heavy atom. The maximum absolute atomic E-state index is 3.95. The molecule has 21 rings (SSSR count). The summed E-state index contributed by atoms with van der Waals surface area (Å²) in [7, 11) is 0. The Bertz CT molecular complexity index is 1950. The number of hydrogen-bond acceptors (Lipinski definition) is 6. The molecule has 0 radical (unpaired) electrons. The molecule has 3 saturated carbocycles. The van der Waals surface area contributed by atoms with E-state index in [9.17, 15) is 0 Å². The van der Waals surface area contributed by atoms with Gasteiger partial charge < -0.3 is 31.9 Å². The average Bonchev–Trinajstić information content (AvgIpc) is 3.38. The van der Waals surface area contributed by atoms with Gasteiger partial charge in [-0.2, -0.15) is 0 Å². The summed E-state index contributed by atoms with van der Waals surface area (Å²) < 4.78 is 0.